The van der Waals surface area contributed by atoms with Crippen molar-refractivity contribution in [2.75, 3.05) is 13.2 Å². The smallest absolute Gasteiger partial charge is 0.360 e. The average Bonchev–Trinajstić information content (AvgIpc) is 3.21. The monoisotopic (exact) mass is 339 g/mol. The van der Waals surface area contributed by atoms with Crippen LogP contribution in [0.15, 0.2) is 12.3 Å². The van der Waals surface area contributed by atoms with Gasteiger partial charge >= 0.3 is 11.9 Å². The minimum atomic E-state index is -0.609. The summed E-state index contributed by atoms with van der Waals surface area (Å²) in [7, 11) is 0. The van der Waals surface area contributed by atoms with Crippen molar-refractivity contribution in [3.63, 3.8) is 0 Å². The molecule has 24 heavy (non-hydrogen) atoms. The van der Waals surface area contributed by atoms with Crippen LogP contribution in [0.3, 0.4) is 0 Å². The lowest BCUT2D eigenvalue weighted by atomic mass is 10.2. The molecule has 0 aliphatic heterocycles. The van der Waals surface area contributed by atoms with Crippen LogP contribution in [-0.2, 0) is 29.2 Å². The Morgan fingerprint density at radius 1 is 1.25 bits per heavy atom. The highest BCUT2D eigenvalue weighted by molar-refractivity contribution is 5.88. The van der Waals surface area contributed by atoms with Gasteiger partial charge in [-0.25, -0.2) is 9.59 Å². The molecule has 0 amide bonds. The molecule has 10 heteroatoms. The number of carbonyl (C=O) groups excluding carboxylic acids is 2. The van der Waals surface area contributed by atoms with E-state index in [1.807, 2.05) is 0 Å². The van der Waals surface area contributed by atoms with E-state index in [1.54, 1.807) is 13.1 Å². The molecule has 0 aliphatic rings. The molecular weight excluding hydrogens is 320 g/mol. The van der Waals surface area contributed by atoms with Crippen LogP contribution in [-0.4, -0.2) is 50.7 Å². The molecule has 0 aliphatic carbocycles. The average molecular weight is 339 g/mol. The number of aliphatic hydroxyl groups is 2. The topological polar surface area (TPSA) is 141 Å². The molecule has 2 aromatic heterocycles. The number of aliphatic hydroxyl groups excluding tert-OH is 2. The summed E-state index contributed by atoms with van der Waals surface area (Å²) in [5.74, 6) is -1.17. The fourth-order valence-corrected chi connectivity index (χ4v) is 1.98. The van der Waals surface area contributed by atoms with Crippen LogP contribution < -0.4 is 4.68 Å². The van der Waals surface area contributed by atoms with Crippen LogP contribution in [0, 0.1) is 0 Å². The molecule has 0 saturated carbocycles. The van der Waals surface area contributed by atoms with Gasteiger partial charge in [0, 0.05) is 0 Å². The summed E-state index contributed by atoms with van der Waals surface area (Å²) < 4.78 is 11.5. The Morgan fingerprint density at radius 2 is 2.04 bits per heavy atom. The summed E-state index contributed by atoms with van der Waals surface area (Å²) in [4.78, 5) is 23.5. The number of aromatic amines is 2. The lowest BCUT2D eigenvalue weighted by Crippen LogP contribution is -2.38. The maximum atomic E-state index is 11.8. The minimum absolute atomic E-state index is 0.0324. The number of hydrogen-bond donors (Lipinski definition) is 4. The van der Waals surface area contributed by atoms with Gasteiger partial charge in [-0.3, -0.25) is 5.10 Å². The lowest BCUT2D eigenvalue weighted by Gasteiger charge is -1.99. The van der Waals surface area contributed by atoms with Gasteiger partial charge in [0.05, 0.1) is 31.1 Å². The van der Waals surface area contributed by atoms with Crippen molar-refractivity contribution in [3.05, 3.63) is 34.9 Å². The van der Waals surface area contributed by atoms with Crippen LogP contribution in [0.5, 0.6) is 0 Å². The van der Waals surface area contributed by atoms with E-state index >= 15 is 0 Å². The highest BCUT2D eigenvalue weighted by atomic mass is 16.5. The van der Waals surface area contributed by atoms with Crippen molar-refractivity contribution >= 4 is 11.9 Å². The fraction of sp³-hybridized carbons (Fsp3) is 0.429. The molecule has 0 radical (unpaired) electrons. The first kappa shape index (κ1) is 17.6. The molecule has 0 spiro atoms. The molecule has 0 bridgehead atoms. The predicted molar refractivity (Wildman–Crippen MR) is 77.7 cm³/mol. The number of aromatic nitrogens is 4. The first-order valence-corrected chi connectivity index (χ1v) is 7.30. The number of rotatable bonds is 8. The fourth-order valence-electron chi connectivity index (χ4n) is 1.98. The van der Waals surface area contributed by atoms with Gasteiger partial charge in [0.2, 0.25) is 12.7 Å². The van der Waals surface area contributed by atoms with Crippen molar-refractivity contribution in [3.8, 4) is 0 Å². The standard InChI is InChI=1S/C14H18N4O6/c1-2-23-14(22)12-9(7-19)6-18(17-12)3-4-24-13(21)11-5-10(8-20)15-16-11/h5-6,19-20H,2-4,7-8H2,1H3,(H,15,16,21)/p+1. The summed E-state index contributed by atoms with van der Waals surface area (Å²) in [6, 6.07) is 1.40. The summed E-state index contributed by atoms with van der Waals surface area (Å²) in [5, 5.41) is 27.1. The highest BCUT2D eigenvalue weighted by Gasteiger charge is 2.21. The van der Waals surface area contributed by atoms with Crippen LogP contribution in [0.25, 0.3) is 0 Å². The third-order valence-corrected chi connectivity index (χ3v) is 3.12. The van der Waals surface area contributed by atoms with E-state index in [0.29, 0.717) is 11.3 Å². The molecule has 0 unspecified atom stereocenters. The maximum Gasteiger partial charge on any atom is 0.360 e. The normalized spacial score (nSPS) is 10.6. The molecule has 2 rings (SSSR count). The Balaban J connectivity index is 1.92. The van der Waals surface area contributed by atoms with Crippen LogP contribution in [0.4, 0.5) is 0 Å². The number of nitrogens with zero attached hydrogens (tertiary/aromatic N) is 2. The summed E-state index contributed by atoms with van der Waals surface area (Å²) in [6.07, 6.45) is 1.54. The molecule has 0 atom stereocenters. The van der Waals surface area contributed by atoms with E-state index in [2.05, 4.69) is 15.3 Å². The van der Waals surface area contributed by atoms with Crippen LogP contribution in [0.1, 0.15) is 39.2 Å². The van der Waals surface area contributed by atoms with Crippen LogP contribution >= 0.6 is 0 Å². The zero-order valence-corrected chi connectivity index (χ0v) is 13.1. The van der Waals surface area contributed by atoms with Crippen molar-refractivity contribution in [2.45, 2.75) is 26.7 Å². The zero-order valence-electron chi connectivity index (χ0n) is 13.1. The number of esters is 2. The molecule has 0 aromatic carbocycles. The second kappa shape index (κ2) is 8.22. The number of nitrogens with one attached hydrogen (secondary N) is 2. The number of H-pyrrole nitrogens is 2. The zero-order chi connectivity index (χ0) is 17.5. The SMILES string of the molecule is CCOC(=O)c1[nH][n+](CCOC(=O)c2cc(CO)n[nH]2)cc1CO. The largest absolute Gasteiger partial charge is 0.461 e. The van der Waals surface area contributed by atoms with Gasteiger partial charge in [-0.05, 0) is 13.0 Å². The Morgan fingerprint density at radius 3 is 2.67 bits per heavy atom. The van der Waals surface area contributed by atoms with Gasteiger partial charge in [0.1, 0.15) is 5.69 Å². The molecule has 0 saturated heterocycles. The van der Waals surface area contributed by atoms with Crippen LogP contribution in [0.2, 0.25) is 0 Å². The Bertz CT molecular complexity index is 708. The van der Waals surface area contributed by atoms with E-state index in [-0.39, 0.29) is 44.4 Å². The van der Waals surface area contributed by atoms with E-state index in [0.717, 1.165) is 0 Å². The van der Waals surface area contributed by atoms with Crippen molar-refractivity contribution in [1.29, 1.82) is 0 Å². The Labute approximate surface area is 137 Å². The Kier molecular flexibility index (Phi) is 6.04. The molecule has 2 aromatic rings. The number of hydrogen-bond acceptors (Lipinski definition) is 7. The van der Waals surface area contributed by atoms with E-state index in [1.165, 1.54) is 10.7 Å². The summed E-state index contributed by atoms with van der Waals surface area (Å²) in [5.41, 5.74) is 1.03. The summed E-state index contributed by atoms with van der Waals surface area (Å²) >= 11 is 0. The van der Waals surface area contributed by atoms with E-state index < -0.39 is 11.9 Å². The molecule has 10 nitrogen and oxygen atoms in total. The second-order valence-electron chi connectivity index (χ2n) is 4.78. The lowest BCUT2D eigenvalue weighted by molar-refractivity contribution is -0.750. The van der Waals surface area contributed by atoms with Gasteiger partial charge in [-0.15, -0.1) is 4.68 Å². The molecule has 2 heterocycles. The number of ether oxygens (including phenoxy) is 2. The first-order valence-electron chi connectivity index (χ1n) is 7.30. The van der Waals surface area contributed by atoms with Gasteiger partial charge in [-0.2, -0.15) is 10.2 Å². The molecule has 0 fully saturated rings. The van der Waals surface area contributed by atoms with Crippen molar-refractivity contribution < 1.29 is 34.0 Å². The van der Waals surface area contributed by atoms with E-state index in [4.69, 9.17) is 14.6 Å². The van der Waals surface area contributed by atoms with Gasteiger partial charge in [-0.1, -0.05) is 0 Å². The minimum Gasteiger partial charge on any atom is -0.461 e. The third-order valence-electron chi connectivity index (χ3n) is 3.12. The molecule has 130 valence electrons. The van der Waals surface area contributed by atoms with E-state index in [9.17, 15) is 14.7 Å². The molecular formula is C14H19N4O6+. The Hall–Kier alpha value is -2.72. The first-order chi connectivity index (χ1) is 11.6. The predicted octanol–water partition coefficient (Wildman–Crippen LogP) is -0.956. The quantitative estimate of drug-likeness (QED) is 0.358. The van der Waals surface area contributed by atoms with Gasteiger partial charge in [0.15, 0.2) is 12.3 Å². The van der Waals surface area contributed by atoms with Gasteiger partial charge in [0.25, 0.3) is 0 Å². The number of carbonyl (C=O) groups is 2. The highest BCUT2D eigenvalue weighted by Crippen LogP contribution is 2.05. The van der Waals surface area contributed by atoms with Crippen molar-refractivity contribution in [2.24, 2.45) is 0 Å². The molecule has 4 N–H and O–H groups in total. The third kappa shape index (κ3) is 4.18. The van der Waals surface area contributed by atoms with Gasteiger partial charge < -0.3 is 19.7 Å². The van der Waals surface area contributed by atoms with Crippen molar-refractivity contribution in [1.82, 2.24) is 15.3 Å². The maximum absolute atomic E-state index is 11.8. The summed E-state index contributed by atoms with van der Waals surface area (Å²) in [6.45, 7) is 1.59. The second-order valence-corrected chi connectivity index (χ2v) is 4.78.